The number of carbonyl (C=O) groups excluding carboxylic acids is 2. The van der Waals surface area contributed by atoms with Crippen molar-refractivity contribution < 1.29 is 14.1 Å². The summed E-state index contributed by atoms with van der Waals surface area (Å²) in [5.74, 6) is 0.911. The van der Waals surface area contributed by atoms with E-state index in [9.17, 15) is 9.59 Å². The quantitative estimate of drug-likeness (QED) is 0.282. The fourth-order valence-electron chi connectivity index (χ4n) is 3.10. The number of nitrogens with zero attached hydrogens (tertiary/aromatic N) is 3. The predicted molar refractivity (Wildman–Crippen MR) is 125 cm³/mol. The van der Waals surface area contributed by atoms with Crippen LogP contribution in [-0.4, -0.2) is 26.8 Å². The number of hydrogen-bond donors (Lipinski definition) is 1. The number of carbonyl (C=O) groups is 2. The Balaban J connectivity index is 1.57. The topological polar surface area (TPSA) is 98.0 Å². The van der Waals surface area contributed by atoms with Gasteiger partial charge in [-0.3, -0.25) is 14.9 Å². The highest BCUT2D eigenvalue weighted by atomic mass is 32.2. The Morgan fingerprint density at radius 1 is 1.12 bits per heavy atom. The summed E-state index contributed by atoms with van der Waals surface area (Å²) in [6.07, 6.45) is 1.65. The van der Waals surface area contributed by atoms with Gasteiger partial charge in [0, 0.05) is 30.0 Å². The average molecular weight is 465 g/mol. The number of aryl methyl sites for hydroxylation is 2. The molecule has 32 heavy (non-hydrogen) atoms. The van der Waals surface area contributed by atoms with E-state index in [4.69, 9.17) is 4.52 Å². The first-order chi connectivity index (χ1) is 15.4. The lowest BCUT2D eigenvalue weighted by Crippen LogP contribution is -2.13. The van der Waals surface area contributed by atoms with Gasteiger partial charge in [-0.05, 0) is 26.0 Å². The van der Waals surface area contributed by atoms with Gasteiger partial charge in [-0.1, -0.05) is 46.8 Å². The Kier molecular flexibility index (Phi) is 6.48. The van der Waals surface area contributed by atoms with Crippen LogP contribution in [0.15, 0.2) is 58.2 Å². The van der Waals surface area contributed by atoms with Crippen molar-refractivity contribution in [3.8, 4) is 11.3 Å². The van der Waals surface area contributed by atoms with Crippen LogP contribution in [0.3, 0.4) is 0 Å². The molecule has 0 fully saturated rings. The summed E-state index contributed by atoms with van der Waals surface area (Å²) in [6, 6.07) is 12.9. The summed E-state index contributed by atoms with van der Waals surface area (Å²) < 4.78 is 5.21. The highest BCUT2D eigenvalue weighted by molar-refractivity contribution is 7.98. The number of aromatic nitrogens is 3. The van der Waals surface area contributed by atoms with E-state index >= 15 is 0 Å². The number of anilines is 1. The molecule has 4 rings (SSSR count). The van der Waals surface area contributed by atoms with Crippen LogP contribution in [0.4, 0.5) is 5.13 Å². The second-order valence-corrected chi connectivity index (χ2v) is 8.98. The first-order valence-corrected chi connectivity index (χ1v) is 11.6. The van der Waals surface area contributed by atoms with E-state index in [2.05, 4.69) is 20.4 Å². The molecule has 3 aromatic heterocycles. The van der Waals surface area contributed by atoms with Crippen molar-refractivity contribution in [3.63, 3.8) is 0 Å². The van der Waals surface area contributed by atoms with Gasteiger partial charge in [0.25, 0.3) is 5.91 Å². The van der Waals surface area contributed by atoms with Crippen molar-refractivity contribution in [2.24, 2.45) is 0 Å². The molecule has 1 amide bonds. The molecule has 7 nitrogen and oxygen atoms in total. The van der Waals surface area contributed by atoms with Crippen molar-refractivity contribution in [1.82, 2.24) is 15.1 Å². The first kappa shape index (κ1) is 21.9. The molecule has 162 valence electrons. The molecule has 0 unspecified atom stereocenters. The molecule has 0 aliphatic carbocycles. The molecule has 3 heterocycles. The zero-order valence-corrected chi connectivity index (χ0v) is 19.3. The number of pyridine rings is 1. The van der Waals surface area contributed by atoms with E-state index in [1.165, 1.54) is 30.0 Å². The van der Waals surface area contributed by atoms with E-state index in [0.29, 0.717) is 32.0 Å². The van der Waals surface area contributed by atoms with Gasteiger partial charge in [-0.15, -0.1) is 11.8 Å². The third-order valence-corrected chi connectivity index (χ3v) is 6.87. The zero-order valence-electron chi connectivity index (χ0n) is 17.7. The van der Waals surface area contributed by atoms with Crippen LogP contribution in [0.1, 0.15) is 44.0 Å². The van der Waals surface area contributed by atoms with E-state index in [1.54, 1.807) is 18.3 Å². The number of Topliss-reactive ketones (excluding diaryl/α,β-unsaturated/α-hetero) is 1. The Bertz CT molecular complexity index is 1260. The van der Waals surface area contributed by atoms with Crippen molar-refractivity contribution in [2.75, 3.05) is 5.32 Å². The fourth-order valence-corrected chi connectivity index (χ4v) is 5.12. The molecule has 1 N–H and O–H groups in total. The van der Waals surface area contributed by atoms with Gasteiger partial charge in [0.15, 0.2) is 10.9 Å². The second kappa shape index (κ2) is 9.46. The van der Waals surface area contributed by atoms with Gasteiger partial charge in [0.2, 0.25) is 0 Å². The number of nitrogens with one attached hydrogen (secondary N) is 1. The van der Waals surface area contributed by atoms with Gasteiger partial charge in [0.1, 0.15) is 10.8 Å². The lowest BCUT2D eigenvalue weighted by atomic mass is 10.1. The fraction of sp³-hybridized carbons (Fsp3) is 0.174. The lowest BCUT2D eigenvalue weighted by molar-refractivity contribution is 0.101. The standard InChI is InChI=1S/C23H20N4O3S2/c1-13-18(15(3)30-27-13)12-31-22-17(10-7-11-24-22)21(29)26-23-25-19(20(32-23)14(2)28)16-8-5-4-6-9-16/h4-11H,12H2,1-3H3,(H,25,26,29). The molecule has 0 saturated carbocycles. The zero-order chi connectivity index (χ0) is 22.7. The number of benzene rings is 1. The molecule has 9 heteroatoms. The minimum atomic E-state index is -0.331. The SMILES string of the molecule is CC(=O)c1sc(NC(=O)c2cccnc2SCc2c(C)noc2C)nc1-c1ccccc1. The summed E-state index contributed by atoms with van der Waals surface area (Å²) in [5, 5.41) is 7.76. The number of rotatable bonds is 7. The van der Waals surface area contributed by atoms with Gasteiger partial charge in [-0.2, -0.15) is 0 Å². The third-order valence-electron chi connectivity index (χ3n) is 4.76. The first-order valence-electron chi connectivity index (χ1n) is 9.82. The van der Waals surface area contributed by atoms with Gasteiger partial charge >= 0.3 is 0 Å². The molecule has 1 aromatic carbocycles. The van der Waals surface area contributed by atoms with Gasteiger partial charge in [0.05, 0.1) is 21.8 Å². The minimum absolute atomic E-state index is 0.0982. The van der Waals surface area contributed by atoms with Crippen LogP contribution in [0, 0.1) is 13.8 Å². The molecule has 0 saturated heterocycles. The molecule has 0 aliphatic rings. The molecular formula is C23H20N4O3S2. The maximum Gasteiger partial charge on any atom is 0.260 e. The highest BCUT2D eigenvalue weighted by Gasteiger charge is 2.20. The maximum atomic E-state index is 13.0. The number of hydrogen-bond acceptors (Lipinski definition) is 8. The van der Waals surface area contributed by atoms with Crippen LogP contribution in [0.5, 0.6) is 0 Å². The minimum Gasteiger partial charge on any atom is -0.361 e. The summed E-state index contributed by atoms with van der Waals surface area (Å²) in [6.45, 7) is 5.25. The van der Waals surface area contributed by atoms with E-state index in [0.717, 1.165) is 22.6 Å². The Hall–Kier alpha value is -3.30. The van der Waals surface area contributed by atoms with Crippen LogP contribution in [-0.2, 0) is 5.75 Å². The van der Waals surface area contributed by atoms with Gasteiger partial charge in [-0.25, -0.2) is 9.97 Å². The molecular weight excluding hydrogens is 444 g/mol. The molecule has 0 aliphatic heterocycles. The van der Waals surface area contributed by atoms with Crippen LogP contribution < -0.4 is 5.32 Å². The Morgan fingerprint density at radius 2 is 1.91 bits per heavy atom. The summed E-state index contributed by atoms with van der Waals surface area (Å²) in [7, 11) is 0. The molecule has 0 radical (unpaired) electrons. The summed E-state index contributed by atoms with van der Waals surface area (Å²) in [4.78, 5) is 34.6. The smallest absolute Gasteiger partial charge is 0.260 e. The van der Waals surface area contributed by atoms with Gasteiger partial charge < -0.3 is 4.52 Å². The number of thioether (sulfide) groups is 1. The van der Waals surface area contributed by atoms with Crippen molar-refractivity contribution >= 4 is 39.9 Å². The normalized spacial score (nSPS) is 10.8. The number of ketones is 1. The predicted octanol–water partition coefficient (Wildman–Crippen LogP) is 5.56. The van der Waals surface area contributed by atoms with Crippen LogP contribution in [0.25, 0.3) is 11.3 Å². The largest absolute Gasteiger partial charge is 0.361 e. The third kappa shape index (κ3) is 4.63. The lowest BCUT2D eigenvalue weighted by Gasteiger charge is -2.07. The van der Waals surface area contributed by atoms with Crippen molar-refractivity contribution in [2.45, 2.75) is 31.6 Å². The van der Waals surface area contributed by atoms with E-state index < -0.39 is 0 Å². The van der Waals surface area contributed by atoms with Crippen LogP contribution >= 0.6 is 23.1 Å². The second-order valence-electron chi connectivity index (χ2n) is 7.02. The monoisotopic (exact) mass is 464 g/mol. The maximum absolute atomic E-state index is 13.0. The summed E-state index contributed by atoms with van der Waals surface area (Å²) >= 11 is 2.61. The molecule has 4 aromatic rings. The number of amides is 1. The molecule has 0 spiro atoms. The van der Waals surface area contributed by atoms with E-state index in [1.807, 2.05) is 44.2 Å². The average Bonchev–Trinajstić information content (AvgIpc) is 3.36. The Morgan fingerprint density at radius 3 is 2.59 bits per heavy atom. The van der Waals surface area contributed by atoms with Crippen LogP contribution in [0.2, 0.25) is 0 Å². The summed E-state index contributed by atoms with van der Waals surface area (Å²) in [5.41, 5.74) is 3.64. The number of thiazole rings is 1. The molecule has 0 atom stereocenters. The van der Waals surface area contributed by atoms with Crippen molar-refractivity contribution in [3.05, 3.63) is 76.1 Å². The van der Waals surface area contributed by atoms with E-state index in [-0.39, 0.29) is 11.7 Å². The highest BCUT2D eigenvalue weighted by Crippen LogP contribution is 2.32. The Labute approximate surface area is 193 Å². The molecule has 0 bridgehead atoms. The van der Waals surface area contributed by atoms with Crippen molar-refractivity contribution in [1.29, 1.82) is 0 Å².